The van der Waals surface area contributed by atoms with E-state index in [1.165, 1.54) is 31.0 Å². The molecule has 0 saturated heterocycles. The number of hydrogen-bond donors (Lipinski definition) is 3. The van der Waals surface area contributed by atoms with E-state index in [0.717, 1.165) is 12.8 Å². The van der Waals surface area contributed by atoms with Gasteiger partial charge < -0.3 is 15.5 Å². The maximum atomic E-state index is 11.9. The molecule has 0 aromatic heterocycles. The third-order valence-electron chi connectivity index (χ3n) is 3.51. The molecule has 104 valence electrons. The number of amides is 1. The molecule has 19 heavy (non-hydrogen) atoms. The zero-order valence-corrected chi connectivity index (χ0v) is 12.2. The van der Waals surface area contributed by atoms with Gasteiger partial charge in [0.25, 0.3) is 5.91 Å². The molecule has 3 N–H and O–H groups in total. The number of halogens is 1. The molecule has 0 radical (unpaired) electrons. The van der Waals surface area contributed by atoms with E-state index in [1.807, 2.05) is 0 Å². The summed E-state index contributed by atoms with van der Waals surface area (Å²) in [5, 5.41) is 21.4. The minimum Gasteiger partial charge on any atom is -0.504 e. The first kappa shape index (κ1) is 14.2. The van der Waals surface area contributed by atoms with Gasteiger partial charge in [-0.15, -0.1) is 0 Å². The number of alkyl halides is 1. The van der Waals surface area contributed by atoms with Crippen LogP contribution in [0.1, 0.15) is 36.0 Å². The van der Waals surface area contributed by atoms with Crippen LogP contribution in [0.2, 0.25) is 0 Å². The largest absolute Gasteiger partial charge is 0.504 e. The van der Waals surface area contributed by atoms with Gasteiger partial charge in [-0.05, 0) is 43.4 Å². The minimum atomic E-state index is -0.272. The molecular formula is C14H18BrNO3. The molecule has 1 aliphatic rings. The molecule has 4 nitrogen and oxygen atoms in total. The summed E-state index contributed by atoms with van der Waals surface area (Å²) in [5.74, 6) is -0.198. The zero-order valence-electron chi connectivity index (χ0n) is 10.6. The van der Waals surface area contributed by atoms with E-state index in [0.29, 0.717) is 22.9 Å². The Balaban J connectivity index is 1.88. The Labute approximate surface area is 121 Å². The van der Waals surface area contributed by atoms with Crippen LogP contribution in [-0.4, -0.2) is 27.5 Å². The summed E-state index contributed by atoms with van der Waals surface area (Å²) in [6, 6.07) is 4.09. The highest BCUT2D eigenvalue weighted by Crippen LogP contribution is 2.28. The van der Waals surface area contributed by atoms with E-state index in [2.05, 4.69) is 21.2 Å². The van der Waals surface area contributed by atoms with Crippen molar-refractivity contribution >= 4 is 21.8 Å². The molecule has 0 heterocycles. The Hall–Kier alpha value is -1.23. The lowest BCUT2D eigenvalue weighted by atomic mass is 9.89. The number of phenolic OH excluding ortho intramolecular Hbond substituents is 2. The van der Waals surface area contributed by atoms with Crippen LogP contribution in [0.15, 0.2) is 18.2 Å². The van der Waals surface area contributed by atoms with E-state index in [-0.39, 0.29) is 17.4 Å². The first-order valence-corrected chi connectivity index (χ1v) is 7.42. The number of benzene rings is 1. The molecular weight excluding hydrogens is 310 g/mol. The molecule has 2 atom stereocenters. The van der Waals surface area contributed by atoms with Gasteiger partial charge in [-0.3, -0.25) is 4.79 Å². The van der Waals surface area contributed by atoms with Crippen molar-refractivity contribution in [1.29, 1.82) is 0 Å². The second-order valence-corrected chi connectivity index (χ2v) is 6.34. The zero-order chi connectivity index (χ0) is 13.8. The van der Waals surface area contributed by atoms with E-state index in [9.17, 15) is 15.0 Å². The van der Waals surface area contributed by atoms with Crippen molar-refractivity contribution in [2.45, 2.75) is 30.5 Å². The summed E-state index contributed by atoms with van der Waals surface area (Å²) in [6.45, 7) is 0.655. The highest BCUT2D eigenvalue weighted by Gasteiger charge is 2.20. The van der Waals surface area contributed by atoms with Crippen molar-refractivity contribution in [3.8, 4) is 11.5 Å². The standard InChI is InChI=1S/C14H18BrNO3/c15-11-3-1-2-9(6-11)8-16-14(19)10-4-5-12(17)13(18)7-10/h4-5,7,9,11,17-18H,1-3,6,8H2,(H,16,19). The van der Waals surface area contributed by atoms with E-state index in [4.69, 9.17) is 0 Å². The van der Waals surface area contributed by atoms with Crippen molar-refractivity contribution in [3.63, 3.8) is 0 Å². The van der Waals surface area contributed by atoms with Crippen molar-refractivity contribution in [2.24, 2.45) is 5.92 Å². The van der Waals surface area contributed by atoms with Crippen molar-refractivity contribution in [3.05, 3.63) is 23.8 Å². The van der Waals surface area contributed by atoms with Crippen molar-refractivity contribution in [1.82, 2.24) is 5.32 Å². The predicted molar refractivity (Wildman–Crippen MR) is 76.8 cm³/mol. The summed E-state index contributed by atoms with van der Waals surface area (Å²) in [4.78, 5) is 12.5. The fourth-order valence-electron chi connectivity index (χ4n) is 2.41. The van der Waals surface area contributed by atoms with Gasteiger partial charge in [-0.2, -0.15) is 0 Å². The summed E-state index contributed by atoms with van der Waals surface area (Å²) < 4.78 is 0. The Morgan fingerprint density at radius 1 is 1.32 bits per heavy atom. The van der Waals surface area contributed by atoms with Gasteiger partial charge in [0, 0.05) is 16.9 Å². The van der Waals surface area contributed by atoms with Crippen LogP contribution in [0.3, 0.4) is 0 Å². The average molecular weight is 328 g/mol. The van der Waals surface area contributed by atoms with E-state index < -0.39 is 0 Å². The van der Waals surface area contributed by atoms with E-state index >= 15 is 0 Å². The summed E-state index contributed by atoms with van der Waals surface area (Å²) >= 11 is 3.62. The van der Waals surface area contributed by atoms with Crippen LogP contribution < -0.4 is 5.32 Å². The number of phenols is 2. The highest BCUT2D eigenvalue weighted by atomic mass is 79.9. The molecule has 2 unspecified atom stereocenters. The molecule has 0 spiro atoms. The number of nitrogens with one attached hydrogen (secondary N) is 1. The number of hydrogen-bond acceptors (Lipinski definition) is 3. The minimum absolute atomic E-state index is 0.216. The summed E-state index contributed by atoms with van der Waals surface area (Å²) in [5.41, 5.74) is 0.363. The molecule has 0 aliphatic heterocycles. The van der Waals surface area contributed by atoms with Crippen LogP contribution in [0.4, 0.5) is 0 Å². The lowest BCUT2D eigenvalue weighted by Crippen LogP contribution is -2.31. The average Bonchev–Trinajstić information content (AvgIpc) is 2.39. The normalized spacial score (nSPS) is 23.0. The SMILES string of the molecule is O=C(NCC1CCCC(Br)C1)c1ccc(O)c(O)c1. The number of rotatable bonds is 3. The molecule has 1 amide bonds. The maximum absolute atomic E-state index is 11.9. The molecule has 2 rings (SSSR count). The van der Waals surface area contributed by atoms with Crippen LogP contribution >= 0.6 is 15.9 Å². The Morgan fingerprint density at radius 2 is 2.11 bits per heavy atom. The lowest BCUT2D eigenvalue weighted by Gasteiger charge is -2.25. The topological polar surface area (TPSA) is 69.6 Å². The first-order valence-electron chi connectivity index (χ1n) is 6.50. The van der Waals surface area contributed by atoms with Gasteiger partial charge in [0.2, 0.25) is 0 Å². The monoisotopic (exact) mass is 327 g/mol. The second kappa shape index (κ2) is 6.28. The van der Waals surface area contributed by atoms with Gasteiger partial charge in [0.05, 0.1) is 0 Å². The Bertz CT molecular complexity index is 464. The fraction of sp³-hybridized carbons (Fsp3) is 0.500. The molecule has 1 aromatic rings. The third-order valence-corrected chi connectivity index (χ3v) is 4.34. The van der Waals surface area contributed by atoms with Crippen molar-refractivity contribution in [2.75, 3.05) is 6.54 Å². The first-order chi connectivity index (χ1) is 9.06. The molecule has 5 heteroatoms. The van der Waals surface area contributed by atoms with Gasteiger partial charge in [-0.25, -0.2) is 0 Å². The molecule has 1 saturated carbocycles. The third kappa shape index (κ3) is 3.86. The van der Waals surface area contributed by atoms with Gasteiger partial charge in [0.15, 0.2) is 11.5 Å². The number of carbonyl (C=O) groups is 1. The van der Waals surface area contributed by atoms with Crippen LogP contribution in [0.5, 0.6) is 11.5 Å². The number of aromatic hydroxyl groups is 2. The van der Waals surface area contributed by atoms with Gasteiger partial charge in [-0.1, -0.05) is 22.4 Å². The Morgan fingerprint density at radius 3 is 2.79 bits per heavy atom. The molecule has 0 bridgehead atoms. The molecule has 1 aromatic carbocycles. The fourth-order valence-corrected chi connectivity index (χ4v) is 3.27. The maximum Gasteiger partial charge on any atom is 0.251 e. The van der Waals surface area contributed by atoms with Crippen LogP contribution in [0, 0.1) is 5.92 Å². The summed E-state index contributed by atoms with van der Waals surface area (Å²) in [7, 11) is 0. The summed E-state index contributed by atoms with van der Waals surface area (Å²) in [6.07, 6.45) is 4.62. The van der Waals surface area contributed by atoms with Crippen LogP contribution in [-0.2, 0) is 0 Å². The Kier molecular flexibility index (Phi) is 4.69. The smallest absolute Gasteiger partial charge is 0.251 e. The van der Waals surface area contributed by atoms with Gasteiger partial charge in [0.1, 0.15) is 0 Å². The van der Waals surface area contributed by atoms with E-state index in [1.54, 1.807) is 0 Å². The lowest BCUT2D eigenvalue weighted by molar-refractivity contribution is 0.0943. The molecule has 1 aliphatic carbocycles. The van der Waals surface area contributed by atoms with Crippen LogP contribution in [0.25, 0.3) is 0 Å². The molecule has 1 fully saturated rings. The number of carbonyl (C=O) groups excluding carboxylic acids is 1. The second-order valence-electron chi connectivity index (χ2n) is 5.04. The predicted octanol–water partition coefficient (Wildman–Crippen LogP) is 2.78. The van der Waals surface area contributed by atoms with Gasteiger partial charge >= 0.3 is 0 Å². The van der Waals surface area contributed by atoms with Crippen molar-refractivity contribution < 1.29 is 15.0 Å². The quantitative estimate of drug-likeness (QED) is 0.590. The highest BCUT2D eigenvalue weighted by molar-refractivity contribution is 9.09.